The Balaban J connectivity index is 0.000000604. The van der Waals surface area contributed by atoms with Crippen molar-refractivity contribution >= 4 is 23.8 Å². The number of hydrogen-bond donors (Lipinski definition) is 3. The monoisotopic (exact) mass is 548 g/mol. The van der Waals surface area contributed by atoms with E-state index in [1.165, 1.54) is 0 Å². The van der Waals surface area contributed by atoms with Gasteiger partial charge in [-0.1, -0.05) is 6.92 Å². The van der Waals surface area contributed by atoms with Crippen LogP contribution < -0.4 is 15.8 Å². The summed E-state index contributed by atoms with van der Waals surface area (Å²) >= 11 is 1.63. The van der Waals surface area contributed by atoms with Gasteiger partial charge < -0.3 is 25.6 Å². The number of carboxylic acid groups (broad SMARTS) is 1. The number of alkyl halides is 2. The quantitative estimate of drug-likeness (QED) is 0.398. The smallest absolute Gasteiger partial charge is 0.374 e. The summed E-state index contributed by atoms with van der Waals surface area (Å²) in [5.41, 5.74) is 5.47. The average molecular weight is 549 g/mol. The van der Waals surface area contributed by atoms with Crippen LogP contribution in [0.25, 0.3) is 0 Å². The molecule has 13 heteroatoms. The van der Waals surface area contributed by atoms with Gasteiger partial charge in [-0.2, -0.15) is 8.78 Å². The van der Waals surface area contributed by atoms with Gasteiger partial charge in [0.2, 0.25) is 11.8 Å². The Hall–Kier alpha value is -2.35. The van der Waals surface area contributed by atoms with Gasteiger partial charge in [-0.25, -0.2) is 18.5 Å². The third kappa shape index (κ3) is 10.5. The molecule has 2 aliphatic rings. The van der Waals surface area contributed by atoms with E-state index >= 15 is 0 Å². The van der Waals surface area contributed by atoms with Crippen molar-refractivity contribution in [3.63, 3.8) is 0 Å². The van der Waals surface area contributed by atoms with Crippen molar-refractivity contribution in [2.45, 2.75) is 56.4 Å². The van der Waals surface area contributed by atoms with Crippen LogP contribution in [0.15, 0.2) is 35.1 Å². The molecule has 37 heavy (non-hydrogen) atoms. The third-order valence-corrected chi connectivity index (χ3v) is 7.15. The summed E-state index contributed by atoms with van der Waals surface area (Å²) in [6.45, 7) is 5.73. The molecule has 2 aliphatic heterocycles. The normalized spacial score (nSPS) is 18.9. The van der Waals surface area contributed by atoms with Gasteiger partial charge in [0.25, 0.3) is 0 Å². The zero-order valence-electron chi connectivity index (χ0n) is 21.1. The number of aromatic nitrogens is 1. The number of halogens is 3. The highest BCUT2D eigenvalue weighted by Crippen LogP contribution is 2.36. The molecule has 0 saturated carbocycles. The lowest BCUT2D eigenvalue weighted by molar-refractivity contribution is -0.161. The molecule has 1 aromatic rings. The van der Waals surface area contributed by atoms with E-state index in [4.69, 9.17) is 20.3 Å². The maximum atomic E-state index is 12.8. The van der Waals surface area contributed by atoms with Crippen LogP contribution in [-0.2, 0) is 14.3 Å². The summed E-state index contributed by atoms with van der Waals surface area (Å²) in [5, 5.41) is 10.7. The van der Waals surface area contributed by atoms with Crippen LogP contribution >= 0.6 is 11.9 Å². The van der Waals surface area contributed by atoms with Gasteiger partial charge in [0, 0.05) is 74.0 Å². The highest BCUT2D eigenvalue weighted by atomic mass is 32.2. The highest BCUT2D eigenvalue weighted by Gasteiger charge is 2.38. The number of carboxylic acids is 1. The molecule has 0 unspecified atom stereocenters. The number of carbonyl (C=O) groups excluding carboxylic acids is 1. The van der Waals surface area contributed by atoms with Crippen molar-refractivity contribution in [1.82, 2.24) is 14.6 Å². The maximum absolute atomic E-state index is 12.8. The fraction of sp³-hybridized carbons (Fsp3) is 0.625. The van der Waals surface area contributed by atoms with E-state index in [2.05, 4.69) is 21.5 Å². The van der Waals surface area contributed by atoms with Crippen LogP contribution in [0.2, 0.25) is 0 Å². The van der Waals surface area contributed by atoms with E-state index in [1.54, 1.807) is 24.2 Å². The lowest BCUT2D eigenvalue weighted by atomic mass is 9.80. The second-order valence-electron chi connectivity index (χ2n) is 9.23. The number of nitrogens with zero attached hydrogens (tertiary/aromatic N) is 2. The predicted octanol–water partition coefficient (Wildman–Crippen LogP) is 3.40. The predicted molar refractivity (Wildman–Crippen MR) is 133 cm³/mol. The number of nitrogens with one attached hydrogen (secondary N) is 1. The standard InChI is InChI=1S/C21H31FN4O3S.C3H4F2O2/c1-21(20(27)25-17-4-10-28-11-5-17)6-8-26(9-7-21)30-18-2-3-19(24-14-18)29-15-16(12-22)13-23;1-3(4,5)2(6)7/h2-3,12,14,17H,4-11,13,15,23H2,1H3,(H,25,27);1H3,(H,6,7)/b16-12-;. The van der Waals surface area contributed by atoms with Crippen molar-refractivity contribution in [2.75, 3.05) is 39.5 Å². The average Bonchev–Trinajstić information content (AvgIpc) is 2.87. The van der Waals surface area contributed by atoms with Gasteiger partial charge in [-0.15, -0.1) is 0 Å². The van der Waals surface area contributed by atoms with Gasteiger partial charge in [0.05, 0.1) is 6.33 Å². The molecule has 208 valence electrons. The molecule has 3 heterocycles. The summed E-state index contributed by atoms with van der Waals surface area (Å²) in [6.07, 6.45) is 5.65. The topological polar surface area (TPSA) is 127 Å². The van der Waals surface area contributed by atoms with Crippen LogP contribution in [0.3, 0.4) is 0 Å². The number of piperidine rings is 1. The summed E-state index contributed by atoms with van der Waals surface area (Å²) in [4.78, 5) is 27.3. The molecule has 1 aromatic heterocycles. The van der Waals surface area contributed by atoms with Crippen molar-refractivity contribution in [1.29, 1.82) is 0 Å². The number of rotatable bonds is 9. The summed E-state index contributed by atoms with van der Waals surface area (Å²) in [7, 11) is 0. The van der Waals surface area contributed by atoms with Crippen molar-refractivity contribution in [2.24, 2.45) is 11.1 Å². The van der Waals surface area contributed by atoms with Crippen LogP contribution in [0.1, 0.15) is 39.5 Å². The minimum absolute atomic E-state index is 0.0904. The number of aliphatic carboxylic acids is 1. The molecule has 0 atom stereocenters. The SMILES string of the molecule is CC(F)(F)C(=O)O.CC1(C(=O)NC2CCOCC2)CCN(Sc2ccc(OC/C(=C\F)CN)nc2)CC1. The Bertz CT molecular complexity index is 901. The van der Waals surface area contributed by atoms with Crippen LogP contribution in [-0.4, -0.2) is 77.7 Å². The van der Waals surface area contributed by atoms with Gasteiger partial charge >= 0.3 is 11.9 Å². The molecule has 3 rings (SSSR count). The fourth-order valence-corrected chi connectivity index (χ4v) is 4.35. The van der Waals surface area contributed by atoms with E-state index in [-0.39, 0.29) is 30.5 Å². The van der Waals surface area contributed by atoms with Gasteiger partial charge in [0.15, 0.2) is 0 Å². The zero-order valence-corrected chi connectivity index (χ0v) is 21.9. The van der Waals surface area contributed by atoms with Gasteiger partial charge in [0.1, 0.15) is 6.61 Å². The molecule has 0 aliphatic carbocycles. The molecule has 2 saturated heterocycles. The first-order valence-electron chi connectivity index (χ1n) is 12.0. The second kappa shape index (κ2) is 14.6. The van der Waals surface area contributed by atoms with Crippen molar-refractivity contribution < 1.29 is 37.3 Å². The fourth-order valence-electron chi connectivity index (χ4n) is 3.46. The second-order valence-corrected chi connectivity index (χ2v) is 10.4. The molecule has 0 spiro atoms. The first-order chi connectivity index (χ1) is 17.5. The molecular weight excluding hydrogens is 513 g/mol. The molecule has 1 amide bonds. The highest BCUT2D eigenvalue weighted by molar-refractivity contribution is 7.97. The van der Waals surface area contributed by atoms with Crippen LogP contribution in [0.5, 0.6) is 5.88 Å². The maximum Gasteiger partial charge on any atom is 0.374 e. The molecule has 2 fully saturated rings. The Kier molecular flexibility index (Phi) is 12.1. The Morgan fingerprint density at radius 2 is 1.97 bits per heavy atom. The van der Waals surface area contributed by atoms with Crippen LogP contribution in [0.4, 0.5) is 13.2 Å². The number of hydrogen-bond acceptors (Lipinski definition) is 8. The Labute approximate surface area is 219 Å². The van der Waals surface area contributed by atoms with Gasteiger partial charge in [-0.05, 0) is 43.7 Å². The van der Waals surface area contributed by atoms with E-state index in [0.29, 0.717) is 24.7 Å². The number of amides is 1. The molecular formula is C24H35F3N4O5S. The minimum atomic E-state index is -3.58. The zero-order chi connectivity index (χ0) is 27.5. The lowest BCUT2D eigenvalue weighted by Crippen LogP contribution is -2.49. The molecule has 0 radical (unpaired) electrons. The summed E-state index contributed by atoms with van der Waals surface area (Å²) < 4.78 is 48.1. The first-order valence-corrected chi connectivity index (χ1v) is 12.7. The summed E-state index contributed by atoms with van der Waals surface area (Å²) in [5.74, 6) is -5.07. The van der Waals surface area contributed by atoms with Crippen molar-refractivity contribution in [3.05, 3.63) is 30.2 Å². The van der Waals surface area contributed by atoms with E-state index in [0.717, 1.165) is 56.9 Å². The molecule has 4 N–H and O–H groups in total. The molecule has 0 bridgehead atoms. The van der Waals surface area contributed by atoms with E-state index in [9.17, 15) is 22.8 Å². The Morgan fingerprint density at radius 3 is 2.46 bits per heavy atom. The first kappa shape index (κ1) is 30.9. The summed E-state index contributed by atoms with van der Waals surface area (Å²) in [6, 6.07) is 3.94. The Morgan fingerprint density at radius 1 is 1.35 bits per heavy atom. The lowest BCUT2D eigenvalue weighted by Gasteiger charge is -2.38. The third-order valence-electron chi connectivity index (χ3n) is 6.07. The number of carbonyl (C=O) groups is 2. The number of ether oxygens (including phenoxy) is 2. The van der Waals surface area contributed by atoms with E-state index < -0.39 is 11.9 Å². The minimum Gasteiger partial charge on any atom is -0.477 e. The van der Waals surface area contributed by atoms with E-state index in [1.807, 2.05) is 6.07 Å². The number of nitrogens with two attached hydrogens (primary N) is 1. The van der Waals surface area contributed by atoms with Crippen molar-refractivity contribution in [3.8, 4) is 5.88 Å². The molecule has 9 nitrogen and oxygen atoms in total. The largest absolute Gasteiger partial charge is 0.477 e. The number of pyridine rings is 1. The molecule has 0 aromatic carbocycles. The van der Waals surface area contributed by atoms with Crippen LogP contribution in [0, 0.1) is 5.41 Å². The van der Waals surface area contributed by atoms with Gasteiger partial charge in [-0.3, -0.25) is 4.79 Å².